The number of halogens is 12. The van der Waals surface area contributed by atoms with Crippen LogP contribution < -0.4 is 0 Å². The van der Waals surface area contributed by atoms with E-state index in [1.807, 2.05) is 76.3 Å². The van der Waals surface area contributed by atoms with E-state index in [4.69, 9.17) is 0 Å². The van der Waals surface area contributed by atoms with Crippen molar-refractivity contribution in [2.45, 2.75) is 74.0 Å². The Morgan fingerprint density at radius 1 is 0.167 bits per heavy atom. The Morgan fingerprint density at radius 2 is 0.300 bits per heavy atom. The summed E-state index contributed by atoms with van der Waals surface area (Å²) in [6, 6.07) is 37.8. The van der Waals surface area contributed by atoms with Crippen molar-refractivity contribution in [3.8, 4) is 66.8 Å². The van der Waals surface area contributed by atoms with Crippen LogP contribution in [0.4, 0.5) is 52.7 Å². The Bertz CT molecular complexity index is 4210. The molecule has 24 bridgehead atoms. The summed E-state index contributed by atoms with van der Waals surface area (Å²) in [6.07, 6.45) is 20.3. The third-order valence-electron chi connectivity index (χ3n) is 19.1. The molecule has 0 aromatic heterocycles. The predicted octanol–water partition coefficient (Wildman–Crippen LogP) is 21.7. The third-order valence-corrected chi connectivity index (χ3v) is 19.1. The fraction of sp³-hybridized carbons (Fsp3) is 0.154. The number of rotatable bonds is 0. The molecule has 9 aromatic carbocycles. The van der Waals surface area contributed by atoms with E-state index in [9.17, 15) is 0 Å². The van der Waals surface area contributed by atoms with E-state index in [2.05, 4.69) is 0 Å². The molecule has 0 spiro atoms. The van der Waals surface area contributed by atoms with Crippen molar-refractivity contribution in [1.82, 2.24) is 0 Å². The first-order chi connectivity index (χ1) is 42.7. The fourth-order valence-electron chi connectivity index (χ4n) is 13.1. The van der Waals surface area contributed by atoms with E-state index in [0.717, 1.165) is 11.1 Å². The lowest BCUT2D eigenvalue weighted by Crippen LogP contribution is -2.32. The molecule has 0 N–H and O–H groups in total. The normalized spacial score (nSPS) is 23.7. The standard InChI is InChI=1S/C78H54F12/c1-73-31-33-74(2,34-32-73)54-29-21-50(22-30-54)58-67(85)63(81)56(64(82)68(58)86)48-13-9-44(10-14-48)46-17-25-52(26-18-46)76(4)37-41-78(6,42-38-76)60-71(89)69(87)59(70(88)72(60)90)77(5)39-35-75(3,36-40-77)51-23-15-45(16-24-51)43-7-11-47(12-8-43)55-61(79)65(83)57(66(84)62(55)80)49-19-27-53(73)28-20-49/h7-42H,1-6H3. The minimum absolute atomic E-state index is 0.120. The van der Waals surface area contributed by atoms with Crippen molar-refractivity contribution in [3.63, 3.8) is 0 Å². The molecule has 0 aliphatic heterocycles. The van der Waals surface area contributed by atoms with Gasteiger partial charge < -0.3 is 0 Å². The quantitative estimate of drug-likeness (QED) is 0.0806. The van der Waals surface area contributed by atoms with Crippen molar-refractivity contribution in [2.24, 2.45) is 0 Å². The highest BCUT2D eigenvalue weighted by Gasteiger charge is 2.43. The fourth-order valence-corrected chi connectivity index (χ4v) is 13.1. The van der Waals surface area contributed by atoms with Gasteiger partial charge in [0.25, 0.3) is 0 Å². The van der Waals surface area contributed by atoms with Gasteiger partial charge in [0, 0.05) is 43.6 Å². The van der Waals surface area contributed by atoms with Gasteiger partial charge in [0.15, 0.2) is 69.8 Å². The number of hydrogen-bond donors (Lipinski definition) is 0. The van der Waals surface area contributed by atoms with Crippen molar-refractivity contribution in [1.29, 1.82) is 0 Å². The lowest BCUT2D eigenvalue weighted by Gasteiger charge is -2.36. The first-order valence-electron chi connectivity index (χ1n) is 29.2. The molecule has 0 saturated carbocycles. The first-order valence-corrected chi connectivity index (χ1v) is 29.2. The summed E-state index contributed by atoms with van der Waals surface area (Å²) in [5.74, 6) is -18.9. The Morgan fingerprint density at radius 3 is 0.478 bits per heavy atom. The summed E-state index contributed by atoms with van der Waals surface area (Å²) in [7, 11) is 0. The van der Waals surface area contributed by atoms with Gasteiger partial charge in [-0.1, -0.05) is 219 Å². The zero-order valence-corrected chi connectivity index (χ0v) is 49.3. The smallest absolute Gasteiger partial charge is 0.170 e. The molecule has 0 atom stereocenters. The molecular weight excluding hydrogens is 1160 g/mol. The highest BCUT2D eigenvalue weighted by molar-refractivity contribution is 5.78. The van der Waals surface area contributed by atoms with E-state index < -0.39 is 136 Å². The van der Waals surface area contributed by atoms with Gasteiger partial charge in [0.1, 0.15) is 0 Å². The molecule has 0 nitrogen and oxygen atoms in total. The van der Waals surface area contributed by atoms with Crippen molar-refractivity contribution >= 4 is 0 Å². The molecule has 90 heavy (non-hydrogen) atoms. The van der Waals surface area contributed by atoms with Crippen LogP contribution in [-0.4, -0.2) is 0 Å². The highest BCUT2D eigenvalue weighted by atomic mass is 19.2. The predicted molar refractivity (Wildman–Crippen MR) is 330 cm³/mol. The van der Waals surface area contributed by atoms with Gasteiger partial charge in [0.05, 0.1) is 22.3 Å². The molecule has 0 heterocycles. The zero-order valence-electron chi connectivity index (χ0n) is 49.3. The van der Waals surface area contributed by atoms with Gasteiger partial charge in [-0.3, -0.25) is 0 Å². The van der Waals surface area contributed by atoms with E-state index in [1.165, 1.54) is 86.7 Å². The second kappa shape index (κ2) is 21.1. The Labute approximate surface area is 512 Å². The molecule has 450 valence electrons. The second-order valence-corrected chi connectivity index (χ2v) is 25.2. The summed E-state index contributed by atoms with van der Waals surface area (Å²) in [5.41, 5.74) is -6.94. The third kappa shape index (κ3) is 9.38. The number of hydrogen-bond acceptors (Lipinski definition) is 0. The second-order valence-electron chi connectivity index (χ2n) is 25.2. The van der Waals surface area contributed by atoms with Gasteiger partial charge in [-0.2, -0.15) is 0 Å². The van der Waals surface area contributed by atoms with Crippen molar-refractivity contribution < 1.29 is 52.7 Å². The summed E-state index contributed by atoms with van der Waals surface area (Å²) in [5, 5.41) is 0. The molecular formula is C78H54F12. The molecule has 0 unspecified atom stereocenters. The van der Waals surface area contributed by atoms with Gasteiger partial charge in [-0.05, 0) is 108 Å². The van der Waals surface area contributed by atoms with E-state index in [1.54, 1.807) is 97.1 Å². The van der Waals surface area contributed by atoms with Crippen LogP contribution in [-0.2, 0) is 32.5 Å². The summed E-state index contributed by atoms with van der Waals surface area (Å²) < 4.78 is 195. The largest absolute Gasteiger partial charge is 0.203 e. The van der Waals surface area contributed by atoms with Gasteiger partial charge in [-0.25, -0.2) is 52.7 Å². The van der Waals surface area contributed by atoms with Gasteiger partial charge >= 0.3 is 0 Å². The topological polar surface area (TPSA) is 0 Å². The lowest BCUT2D eigenvalue weighted by molar-refractivity contribution is 0.399. The molecule has 22 aliphatic rings. The minimum Gasteiger partial charge on any atom is -0.203 e. The molecule has 9 aromatic rings. The molecule has 31 rings (SSSR count). The molecule has 0 radical (unpaired) electrons. The SMILES string of the molecule is CC12C=CC(C)(C=C1)c1c(F)c(F)c(c(F)c1F)C1(C)C=CC(C)(C=C1)c1ccc(cc1)-c1ccc(cc1)-c1c(F)c(F)c(c(F)c1F)-c1ccc(cc1)C1(C)C=CC(C)(C=C1)c1ccc(cc1)-c1c(F)c(F)c(c(F)c1F)-c1ccc(cc1)-c1ccc2cc1. The van der Waals surface area contributed by atoms with Crippen LogP contribution in [0.15, 0.2) is 219 Å². The Kier molecular flexibility index (Phi) is 14.0. The van der Waals surface area contributed by atoms with E-state index >= 15 is 52.7 Å². The Balaban J connectivity index is 0.854. The summed E-state index contributed by atoms with van der Waals surface area (Å²) in [6.45, 7) is 10.3. The first kappa shape index (κ1) is 59.5. The van der Waals surface area contributed by atoms with Crippen molar-refractivity contribution in [2.75, 3.05) is 0 Å². The highest BCUT2D eigenvalue weighted by Crippen LogP contribution is 2.48. The van der Waals surface area contributed by atoms with Crippen LogP contribution in [0.1, 0.15) is 74.9 Å². The maximum absolute atomic E-state index is 16.5. The average molecular weight is 1220 g/mol. The van der Waals surface area contributed by atoms with E-state index in [0.29, 0.717) is 33.4 Å². The average Bonchev–Trinajstić information content (AvgIpc) is 0.753. The number of benzene rings is 9. The molecule has 12 heteroatoms. The zero-order chi connectivity index (χ0) is 63.8. The molecule has 0 fully saturated rings. The maximum atomic E-state index is 16.5. The molecule has 0 saturated heterocycles. The van der Waals surface area contributed by atoms with E-state index in [-0.39, 0.29) is 22.3 Å². The molecule has 0 amide bonds. The minimum atomic E-state index is -1.63. The molecule has 22 aliphatic carbocycles. The van der Waals surface area contributed by atoms with Crippen LogP contribution in [0.25, 0.3) is 66.8 Å². The number of allylic oxidation sites excluding steroid dienone is 12. The van der Waals surface area contributed by atoms with Crippen LogP contribution >= 0.6 is 0 Å². The van der Waals surface area contributed by atoms with Crippen molar-refractivity contribution in [3.05, 3.63) is 322 Å². The maximum Gasteiger partial charge on any atom is 0.170 e. The van der Waals surface area contributed by atoms with Crippen LogP contribution in [0.3, 0.4) is 0 Å². The van der Waals surface area contributed by atoms with Crippen LogP contribution in [0.2, 0.25) is 0 Å². The van der Waals surface area contributed by atoms with Crippen LogP contribution in [0.5, 0.6) is 0 Å². The summed E-state index contributed by atoms with van der Waals surface area (Å²) >= 11 is 0. The van der Waals surface area contributed by atoms with Gasteiger partial charge in [-0.15, -0.1) is 0 Å². The lowest BCUT2D eigenvalue weighted by atomic mass is 9.68. The van der Waals surface area contributed by atoms with Crippen LogP contribution in [0, 0.1) is 69.8 Å². The van der Waals surface area contributed by atoms with Gasteiger partial charge in [0.2, 0.25) is 0 Å². The summed E-state index contributed by atoms with van der Waals surface area (Å²) in [4.78, 5) is 0. The monoisotopic (exact) mass is 1220 g/mol. The Hall–Kier alpha value is -9.42.